The molecule has 2 N–H and O–H groups in total. The van der Waals surface area contributed by atoms with Gasteiger partial charge in [-0.3, -0.25) is 4.90 Å². The Labute approximate surface area is 130 Å². The molecule has 1 aliphatic carbocycles. The molecule has 2 unspecified atom stereocenters. The Morgan fingerprint density at radius 2 is 2.10 bits per heavy atom. The number of ether oxygens (including phenoxy) is 1. The average molecular weight is 298 g/mol. The molecular weight excluding hydrogens is 264 g/mol. The summed E-state index contributed by atoms with van der Waals surface area (Å²) in [6.45, 7) is 13.0. The van der Waals surface area contributed by atoms with Crippen molar-refractivity contribution >= 4 is 0 Å². The van der Waals surface area contributed by atoms with Crippen LogP contribution in [0.25, 0.3) is 0 Å². The fourth-order valence-corrected chi connectivity index (χ4v) is 3.68. The predicted octanol–water partition coefficient (Wildman–Crippen LogP) is 2.02. The molecule has 0 amide bonds. The standard InChI is InChI=1S/C17H34N2O2/c1-5-8-17(4,11-18-14-6-7-14)13-19-9-15(10-20)21-16(2,3)12-19/h14-15,18,20H,5-13H2,1-4H3. The minimum Gasteiger partial charge on any atom is -0.394 e. The second-order valence-corrected chi connectivity index (χ2v) is 8.07. The SMILES string of the molecule is CCCC(C)(CNC1CC1)CN1CC(CO)OC(C)(C)C1. The summed E-state index contributed by atoms with van der Waals surface area (Å²) < 4.78 is 5.93. The molecule has 2 aliphatic rings. The van der Waals surface area contributed by atoms with Crippen molar-refractivity contribution in [1.82, 2.24) is 10.2 Å². The van der Waals surface area contributed by atoms with Crippen molar-refractivity contribution in [3.8, 4) is 0 Å². The van der Waals surface area contributed by atoms with E-state index < -0.39 is 0 Å². The van der Waals surface area contributed by atoms with Crippen molar-refractivity contribution in [1.29, 1.82) is 0 Å². The third-order valence-electron chi connectivity index (χ3n) is 4.61. The number of aliphatic hydroxyl groups is 1. The Kier molecular flexibility index (Phi) is 5.69. The zero-order valence-electron chi connectivity index (χ0n) is 14.3. The second-order valence-electron chi connectivity index (χ2n) is 8.07. The number of aliphatic hydroxyl groups excluding tert-OH is 1. The van der Waals surface area contributed by atoms with E-state index in [1.165, 1.54) is 25.7 Å². The summed E-state index contributed by atoms with van der Waals surface area (Å²) in [6, 6.07) is 0.771. The van der Waals surface area contributed by atoms with E-state index in [1.807, 2.05) is 0 Å². The highest BCUT2D eigenvalue weighted by molar-refractivity contribution is 4.90. The van der Waals surface area contributed by atoms with Crippen LogP contribution in [0.15, 0.2) is 0 Å². The van der Waals surface area contributed by atoms with Crippen molar-refractivity contribution in [2.24, 2.45) is 5.41 Å². The predicted molar refractivity (Wildman–Crippen MR) is 86.5 cm³/mol. The molecule has 21 heavy (non-hydrogen) atoms. The van der Waals surface area contributed by atoms with E-state index in [9.17, 15) is 5.11 Å². The van der Waals surface area contributed by atoms with Crippen molar-refractivity contribution in [2.45, 2.75) is 71.1 Å². The quantitative estimate of drug-likeness (QED) is 0.719. The monoisotopic (exact) mass is 298 g/mol. The lowest BCUT2D eigenvalue weighted by molar-refractivity contribution is -0.153. The molecule has 2 fully saturated rings. The molecule has 0 bridgehead atoms. The number of rotatable bonds is 8. The minimum absolute atomic E-state index is 0.0454. The summed E-state index contributed by atoms with van der Waals surface area (Å²) in [4.78, 5) is 2.49. The first kappa shape index (κ1) is 17.2. The lowest BCUT2D eigenvalue weighted by Gasteiger charge is -2.45. The van der Waals surface area contributed by atoms with E-state index in [-0.39, 0.29) is 18.3 Å². The lowest BCUT2D eigenvalue weighted by Crippen LogP contribution is -2.56. The number of hydrogen-bond donors (Lipinski definition) is 2. The number of hydrogen-bond acceptors (Lipinski definition) is 4. The summed E-state index contributed by atoms with van der Waals surface area (Å²) in [5.41, 5.74) is 0.146. The van der Waals surface area contributed by atoms with E-state index >= 15 is 0 Å². The highest BCUT2D eigenvalue weighted by Gasteiger charge is 2.37. The van der Waals surface area contributed by atoms with Gasteiger partial charge < -0.3 is 15.2 Å². The molecule has 1 heterocycles. The van der Waals surface area contributed by atoms with Crippen molar-refractivity contribution < 1.29 is 9.84 Å². The molecule has 4 nitrogen and oxygen atoms in total. The molecule has 0 aromatic carbocycles. The third kappa shape index (κ3) is 5.51. The van der Waals surface area contributed by atoms with Gasteiger partial charge in [0.1, 0.15) is 0 Å². The maximum absolute atomic E-state index is 9.46. The van der Waals surface area contributed by atoms with Crippen molar-refractivity contribution in [2.75, 3.05) is 32.8 Å². The van der Waals surface area contributed by atoms with Crippen LogP contribution in [-0.2, 0) is 4.74 Å². The Morgan fingerprint density at radius 1 is 1.38 bits per heavy atom. The van der Waals surface area contributed by atoms with Gasteiger partial charge in [-0.05, 0) is 38.5 Å². The van der Waals surface area contributed by atoms with Gasteiger partial charge in [-0.1, -0.05) is 20.3 Å². The van der Waals surface area contributed by atoms with Crippen LogP contribution in [0.1, 0.15) is 53.4 Å². The van der Waals surface area contributed by atoms with Gasteiger partial charge in [0.2, 0.25) is 0 Å². The first-order valence-electron chi connectivity index (χ1n) is 8.60. The van der Waals surface area contributed by atoms with Gasteiger partial charge in [0, 0.05) is 32.2 Å². The number of morpholine rings is 1. The van der Waals surface area contributed by atoms with Crippen LogP contribution in [0, 0.1) is 5.41 Å². The molecule has 2 rings (SSSR count). The van der Waals surface area contributed by atoms with Crippen LogP contribution in [0.5, 0.6) is 0 Å². The van der Waals surface area contributed by atoms with Gasteiger partial charge in [0.15, 0.2) is 0 Å². The van der Waals surface area contributed by atoms with Gasteiger partial charge in [-0.25, -0.2) is 0 Å². The normalized spacial score (nSPS) is 29.3. The van der Waals surface area contributed by atoms with Crippen molar-refractivity contribution in [3.05, 3.63) is 0 Å². The third-order valence-corrected chi connectivity index (χ3v) is 4.61. The molecular formula is C17H34N2O2. The van der Waals surface area contributed by atoms with Gasteiger partial charge in [-0.2, -0.15) is 0 Å². The molecule has 124 valence electrons. The van der Waals surface area contributed by atoms with Gasteiger partial charge >= 0.3 is 0 Å². The van der Waals surface area contributed by atoms with E-state index in [2.05, 4.69) is 37.9 Å². The van der Waals surface area contributed by atoms with E-state index in [0.717, 1.165) is 32.2 Å². The van der Waals surface area contributed by atoms with E-state index in [4.69, 9.17) is 4.74 Å². The zero-order valence-corrected chi connectivity index (χ0v) is 14.3. The Bertz CT molecular complexity index is 331. The Morgan fingerprint density at radius 3 is 2.67 bits per heavy atom. The van der Waals surface area contributed by atoms with Crippen LogP contribution in [0.4, 0.5) is 0 Å². The second kappa shape index (κ2) is 6.95. The summed E-state index contributed by atoms with van der Waals surface area (Å²) in [6.07, 6.45) is 5.11. The van der Waals surface area contributed by atoms with Gasteiger partial charge in [0.05, 0.1) is 18.3 Å². The highest BCUT2D eigenvalue weighted by Crippen LogP contribution is 2.29. The van der Waals surface area contributed by atoms with Crippen LogP contribution in [-0.4, -0.2) is 60.5 Å². The summed E-state index contributed by atoms with van der Waals surface area (Å²) in [5.74, 6) is 0. The lowest BCUT2D eigenvalue weighted by atomic mass is 9.84. The molecule has 1 saturated heterocycles. The summed E-state index contributed by atoms with van der Waals surface area (Å²) >= 11 is 0. The fraction of sp³-hybridized carbons (Fsp3) is 1.00. The highest BCUT2D eigenvalue weighted by atomic mass is 16.5. The van der Waals surface area contributed by atoms with Crippen LogP contribution < -0.4 is 5.32 Å². The van der Waals surface area contributed by atoms with Crippen LogP contribution in [0.3, 0.4) is 0 Å². The Hall–Kier alpha value is -0.160. The molecule has 0 aromatic heterocycles. The van der Waals surface area contributed by atoms with E-state index in [1.54, 1.807) is 0 Å². The molecule has 1 aliphatic heterocycles. The topological polar surface area (TPSA) is 44.7 Å². The molecule has 0 spiro atoms. The van der Waals surface area contributed by atoms with Crippen molar-refractivity contribution in [3.63, 3.8) is 0 Å². The Balaban J connectivity index is 1.93. The summed E-state index contributed by atoms with van der Waals surface area (Å²) in [5, 5.41) is 13.2. The first-order valence-corrected chi connectivity index (χ1v) is 8.60. The van der Waals surface area contributed by atoms with Crippen LogP contribution in [0.2, 0.25) is 0 Å². The van der Waals surface area contributed by atoms with Gasteiger partial charge in [-0.15, -0.1) is 0 Å². The molecule has 1 saturated carbocycles. The number of nitrogens with one attached hydrogen (secondary N) is 1. The summed E-state index contributed by atoms with van der Waals surface area (Å²) in [7, 11) is 0. The van der Waals surface area contributed by atoms with Crippen LogP contribution >= 0.6 is 0 Å². The number of nitrogens with zero attached hydrogens (tertiary/aromatic N) is 1. The minimum atomic E-state index is -0.164. The van der Waals surface area contributed by atoms with Gasteiger partial charge in [0.25, 0.3) is 0 Å². The molecule has 4 heteroatoms. The molecule has 2 atom stereocenters. The average Bonchev–Trinajstić information content (AvgIpc) is 3.18. The largest absolute Gasteiger partial charge is 0.394 e. The maximum atomic E-state index is 9.46. The molecule has 0 aromatic rings. The van der Waals surface area contributed by atoms with E-state index in [0.29, 0.717) is 5.41 Å². The zero-order chi connectivity index (χ0) is 15.5. The fourth-order valence-electron chi connectivity index (χ4n) is 3.68. The maximum Gasteiger partial charge on any atom is 0.0940 e. The molecule has 0 radical (unpaired) electrons. The first-order chi connectivity index (χ1) is 9.86. The smallest absolute Gasteiger partial charge is 0.0940 e.